The summed E-state index contributed by atoms with van der Waals surface area (Å²) in [5.74, 6) is -0.899. The number of aryl methyl sites for hydroxylation is 1. The Labute approximate surface area is 126 Å². The van der Waals surface area contributed by atoms with E-state index in [-0.39, 0.29) is 11.5 Å². The molecule has 0 saturated heterocycles. The number of unbranched alkanes of at least 4 members (excludes halogenated alkanes) is 1. The molecule has 2 aromatic heterocycles. The van der Waals surface area contributed by atoms with Gasteiger partial charge in [0, 0.05) is 12.2 Å². The average molecular weight is 315 g/mol. The Balaban J connectivity index is 2.16. The second-order valence-corrected chi connectivity index (χ2v) is 5.55. The van der Waals surface area contributed by atoms with Crippen LogP contribution in [0.3, 0.4) is 0 Å². The maximum absolute atomic E-state index is 12.9. The number of hydrogen-bond donors (Lipinski definition) is 2. The zero-order valence-electron chi connectivity index (χ0n) is 12.9. The van der Waals surface area contributed by atoms with E-state index in [1.807, 2.05) is 14.1 Å². The summed E-state index contributed by atoms with van der Waals surface area (Å²) in [6.45, 7) is 3.29. The molecule has 2 N–H and O–H groups in total. The van der Waals surface area contributed by atoms with E-state index in [0.717, 1.165) is 25.1 Å². The summed E-state index contributed by atoms with van der Waals surface area (Å²) in [6, 6.07) is 1.75. The molecule has 2 heterocycles. The van der Waals surface area contributed by atoms with Crippen LogP contribution >= 0.6 is 0 Å². The quantitative estimate of drug-likeness (QED) is 0.805. The standard InChI is InChI=1S/C14H20F3N5/c1-9-8-10-11(18-6-4-5-7-22(2)3)20-13(14(15,16)17)21-12(10)19-9/h8H,4-7H2,1-3H3,(H2,18,19,20,21). The first kappa shape index (κ1) is 16.5. The van der Waals surface area contributed by atoms with E-state index in [1.165, 1.54) is 0 Å². The minimum absolute atomic E-state index is 0.204. The lowest BCUT2D eigenvalue weighted by atomic mass is 10.3. The Morgan fingerprint density at radius 2 is 1.95 bits per heavy atom. The molecule has 22 heavy (non-hydrogen) atoms. The highest BCUT2D eigenvalue weighted by molar-refractivity contribution is 5.87. The minimum Gasteiger partial charge on any atom is -0.369 e. The zero-order chi connectivity index (χ0) is 16.3. The Bertz CT molecular complexity index is 633. The third-order valence-electron chi connectivity index (χ3n) is 3.20. The number of aromatic nitrogens is 3. The Hall–Kier alpha value is -1.83. The van der Waals surface area contributed by atoms with Crippen LogP contribution in [-0.4, -0.2) is 47.0 Å². The van der Waals surface area contributed by atoms with Crippen LogP contribution < -0.4 is 5.32 Å². The molecule has 0 unspecified atom stereocenters. The number of nitrogens with one attached hydrogen (secondary N) is 2. The van der Waals surface area contributed by atoms with Gasteiger partial charge in [0.05, 0.1) is 5.39 Å². The van der Waals surface area contributed by atoms with Crippen LogP contribution in [0.25, 0.3) is 11.0 Å². The topological polar surface area (TPSA) is 56.8 Å². The molecule has 0 aliphatic rings. The lowest BCUT2D eigenvalue weighted by Crippen LogP contribution is -2.16. The van der Waals surface area contributed by atoms with Crippen molar-refractivity contribution in [2.45, 2.75) is 25.9 Å². The van der Waals surface area contributed by atoms with Crippen molar-refractivity contribution < 1.29 is 13.2 Å². The van der Waals surface area contributed by atoms with Crippen LogP contribution in [0.15, 0.2) is 6.07 Å². The molecular weight excluding hydrogens is 295 g/mol. The molecule has 0 spiro atoms. The van der Waals surface area contributed by atoms with Crippen molar-refractivity contribution in [3.8, 4) is 0 Å². The van der Waals surface area contributed by atoms with Crippen molar-refractivity contribution in [1.29, 1.82) is 0 Å². The number of aromatic amines is 1. The molecule has 0 atom stereocenters. The van der Waals surface area contributed by atoms with Gasteiger partial charge >= 0.3 is 6.18 Å². The van der Waals surface area contributed by atoms with Crippen molar-refractivity contribution in [2.75, 3.05) is 32.5 Å². The number of fused-ring (bicyclic) bond motifs is 1. The number of nitrogens with zero attached hydrogens (tertiary/aromatic N) is 3. The molecule has 0 bridgehead atoms. The summed E-state index contributed by atoms with van der Waals surface area (Å²) in [5.41, 5.74) is 0.954. The first-order chi connectivity index (χ1) is 10.3. The fraction of sp³-hybridized carbons (Fsp3) is 0.571. The third kappa shape index (κ3) is 4.09. The summed E-state index contributed by atoms with van der Waals surface area (Å²) >= 11 is 0. The Morgan fingerprint density at radius 1 is 1.23 bits per heavy atom. The Kier molecular flexibility index (Phi) is 4.90. The molecule has 0 saturated carbocycles. The molecular formula is C14H20F3N5. The largest absolute Gasteiger partial charge is 0.451 e. The average Bonchev–Trinajstić information content (AvgIpc) is 2.77. The smallest absolute Gasteiger partial charge is 0.369 e. The number of anilines is 1. The van der Waals surface area contributed by atoms with Crippen molar-refractivity contribution in [2.24, 2.45) is 0 Å². The van der Waals surface area contributed by atoms with Crippen LogP contribution in [0.2, 0.25) is 0 Å². The molecule has 0 radical (unpaired) electrons. The molecule has 0 aromatic carbocycles. The number of hydrogen-bond acceptors (Lipinski definition) is 4. The fourth-order valence-electron chi connectivity index (χ4n) is 2.16. The number of H-pyrrole nitrogens is 1. The molecule has 0 amide bonds. The lowest BCUT2D eigenvalue weighted by Gasteiger charge is -2.11. The van der Waals surface area contributed by atoms with Gasteiger partial charge < -0.3 is 15.2 Å². The van der Waals surface area contributed by atoms with Gasteiger partial charge in [0.15, 0.2) is 0 Å². The van der Waals surface area contributed by atoms with Gasteiger partial charge in [0.2, 0.25) is 5.82 Å². The number of rotatable bonds is 6. The predicted molar refractivity (Wildman–Crippen MR) is 79.9 cm³/mol. The molecule has 5 nitrogen and oxygen atoms in total. The molecule has 0 fully saturated rings. The van der Waals surface area contributed by atoms with Gasteiger partial charge in [-0.2, -0.15) is 13.2 Å². The van der Waals surface area contributed by atoms with Crippen LogP contribution in [-0.2, 0) is 6.18 Å². The van der Waals surface area contributed by atoms with E-state index in [9.17, 15) is 13.2 Å². The van der Waals surface area contributed by atoms with E-state index in [1.54, 1.807) is 13.0 Å². The normalized spacial score (nSPS) is 12.3. The van der Waals surface area contributed by atoms with Gasteiger partial charge in [-0.1, -0.05) is 0 Å². The molecule has 2 aromatic rings. The van der Waals surface area contributed by atoms with Gasteiger partial charge in [0.1, 0.15) is 11.5 Å². The van der Waals surface area contributed by atoms with E-state index in [2.05, 4.69) is 25.2 Å². The van der Waals surface area contributed by atoms with Crippen LogP contribution in [0.1, 0.15) is 24.4 Å². The molecule has 122 valence electrons. The number of alkyl halides is 3. The highest BCUT2D eigenvalue weighted by Crippen LogP contribution is 2.30. The van der Waals surface area contributed by atoms with Crippen molar-refractivity contribution in [3.63, 3.8) is 0 Å². The maximum atomic E-state index is 12.9. The van der Waals surface area contributed by atoms with E-state index in [4.69, 9.17) is 0 Å². The second-order valence-electron chi connectivity index (χ2n) is 5.55. The highest BCUT2D eigenvalue weighted by atomic mass is 19.4. The highest BCUT2D eigenvalue weighted by Gasteiger charge is 2.35. The van der Waals surface area contributed by atoms with Crippen LogP contribution in [0.4, 0.5) is 19.0 Å². The van der Waals surface area contributed by atoms with E-state index >= 15 is 0 Å². The van der Waals surface area contributed by atoms with Crippen LogP contribution in [0, 0.1) is 6.92 Å². The molecule has 2 rings (SSSR count). The minimum atomic E-state index is -4.56. The van der Waals surface area contributed by atoms with Gasteiger partial charge in [-0.3, -0.25) is 0 Å². The van der Waals surface area contributed by atoms with Crippen molar-refractivity contribution >= 4 is 16.9 Å². The Morgan fingerprint density at radius 3 is 2.59 bits per heavy atom. The third-order valence-corrected chi connectivity index (χ3v) is 3.20. The summed E-state index contributed by atoms with van der Waals surface area (Å²) in [6.07, 6.45) is -2.74. The summed E-state index contributed by atoms with van der Waals surface area (Å²) in [7, 11) is 3.97. The van der Waals surface area contributed by atoms with E-state index in [0.29, 0.717) is 11.9 Å². The molecule has 0 aliphatic carbocycles. The molecule has 8 heteroatoms. The van der Waals surface area contributed by atoms with Crippen LogP contribution in [0.5, 0.6) is 0 Å². The van der Waals surface area contributed by atoms with Gasteiger partial charge in [0.25, 0.3) is 0 Å². The van der Waals surface area contributed by atoms with Crippen molar-refractivity contribution in [1.82, 2.24) is 19.9 Å². The maximum Gasteiger partial charge on any atom is 0.451 e. The number of halogens is 3. The summed E-state index contributed by atoms with van der Waals surface area (Å²) in [4.78, 5) is 12.1. The zero-order valence-corrected chi connectivity index (χ0v) is 12.9. The SMILES string of the molecule is Cc1cc2c(NCCCCN(C)C)nc(C(F)(F)F)nc2[nH]1. The van der Waals surface area contributed by atoms with Crippen molar-refractivity contribution in [3.05, 3.63) is 17.6 Å². The second kappa shape index (κ2) is 6.51. The predicted octanol–water partition coefficient (Wildman–Crippen LogP) is 3.04. The molecule has 0 aliphatic heterocycles. The van der Waals surface area contributed by atoms with Gasteiger partial charge in [-0.25, -0.2) is 9.97 Å². The van der Waals surface area contributed by atoms with E-state index < -0.39 is 12.0 Å². The summed E-state index contributed by atoms with van der Waals surface area (Å²) in [5, 5.41) is 3.58. The first-order valence-electron chi connectivity index (χ1n) is 7.10. The lowest BCUT2D eigenvalue weighted by molar-refractivity contribution is -0.144. The monoisotopic (exact) mass is 315 g/mol. The van der Waals surface area contributed by atoms with Gasteiger partial charge in [-0.05, 0) is 46.5 Å². The fourth-order valence-corrected chi connectivity index (χ4v) is 2.16. The summed E-state index contributed by atoms with van der Waals surface area (Å²) < 4.78 is 38.6. The van der Waals surface area contributed by atoms with Gasteiger partial charge in [-0.15, -0.1) is 0 Å². The first-order valence-corrected chi connectivity index (χ1v) is 7.10.